The molecule has 0 radical (unpaired) electrons. The van der Waals surface area contributed by atoms with Gasteiger partial charge in [0, 0.05) is 6.42 Å². The van der Waals surface area contributed by atoms with Crippen molar-refractivity contribution in [1.29, 1.82) is 0 Å². The first-order valence-electron chi connectivity index (χ1n) is 4.98. The van der Waals surface area contributed by atoms with Crippen LogP contribution in [-0.4, -0.2) is 34.4 Å². The molecule has 4 amide bonds. The number of amides is 4. The van der Waals surface area contributed by atoms with Crippen molar-refractivity contribution in [2.45, 2.75) is 25.0 Å². The summed E-state index contributed by atoms with van der Waals surface area (Å²) < 4.78 is 4.99. The molecule has 84 valence electrons. The molecule has 1 aliphatic carbocycles. The Hall–Kier alpha value is -1.92. The Morgan fingerprint density at radius 3 is 2.81 bits per heavy atom. The van der Waals surface area contributed by atoms with Gasteiger partial charge in [-0.25, -0.2) is 14.5 Å². The summed E-state index contributed by atoms with van der Waals surface area (Å²) in [6, 6.07) is -0.862. The highest BCUT2D eigenvalue weighted by atomic mass is 16.6. The predicted molar refractivity (Wildman–Crippen MR) is 46.5 cm³/mol. The Kier molecular flexibility index (Phi) is 1.52. The van der Waals surface area contributed by atoms with Gasteiger partial charge in [0.05, 0.1) is 5.92 Å². The number of nitrogens with zero attached hydrogens (tertiary/aromatic N) is 1. The lowest BCUT2D eigenvalue weighted by atomic mass is 9.95. The van der Waals surface area contributed by atoms with Crippen molar-refractivity contribution in [3.8, 4) is 0 Å². The van der Waals surface area contributed by atoms with Gasteiger partial charge in [-0.05, 0) is 12.8 Å². The molecule has 7 nitrogen and oxygen atoms in total. The fourth-order valence-electron chi connectivity index (χ4n) is 2.71. The average molecular weight is 224 g/mol. The molecule has 0 aromatic heterocycles. The summed E-state index contributed by atoms with van der Waals surface area (Å²) in [5.74, 6) is -3.14. The maximum atomic E-state index is 11.6. The monoisotopic (exact) mass is 224 g/mol. The van der Waals surface area contributed by atoms with Gasteiger partial charge >= 0.3 is 17.9 Å². The molecule has 1 saturated carbocycles. The Morgan fingerprint density at radius 1 is 1.31 bits per heavy atom. The summed E-state index contributed by atoms with van der Waals surface area (Å²) in [6.07, 6.45) is 1.49. The molecule has 7 heteroatoms. The number of hydrogen-bond donors (Lipinski definition) is 1. The summed E-state index contributed by atoms with van der Waals surface area (Å²) in [6.45, 7) is 0. The minimum atomic E-state index is -1.34. The minimum absolute atomic E-state index is 0.342. The summed E-state index contributed by atoms with van der Waals surface area (Å²) in [7, 11) is 0. The molecule has 0 aromatic rings. The van der Waals surface area contributed by atoms with E-state index in [0.29, 0.717) is 19.3 Å². The van der Waals surface area contributed by atoms with Gasteiger partial charge in [0.15, 0.2) is 0 Å². The SMILES string of the molecule is O=C1OC23CCCC2C(=O)NC(=O)N3C1=O. The third kappa shape index (κ3) is 0.838. The summed E-state index contributed by atoms with van der Waals surface area (Å²) in [4.78, 5) is 46.6. The lowest BCUT2D eigenvalue weighted by Crippen LogP contribution is -2.64. The number of rotatable bonds is 0. The van der Waals surface area contributed by atoms with Gasteiger partial charge < -0.3 is 4.74 Å². The summed E-state index contributed by atoms with van der Waals surface area (Å²) in [5, 5.41) is 2.06. The summed E-state index contributed by atoms with van der Waals surface area (Å²) in [5.41, 5.74) is -1.34. The third-order valence-corrected chi connectivity index (χ3v) is 3.35. The molecule has 2 heterocycles. The number of carbonyl (C=O) groups excluding carboxylic acids is 4. The van der Waals surface area contributed by atoms with E-state index in [4.69, 9.17) is 4.74 Å². The van der Waals surface area contributed by atoms with E-state index in [1.54, 1.807) is 0 Å². The number of urea groups is 1. The van der Waals surface area contributed by atoms with Crippen molar-refractivity contribution in [2.75, 3.05) is 0 Å². The van der Waals surface area contributed by atoms with E-state index >= 15 is 0 Å². The fourth-order valence-corrected chi connectivity index (χ4v) is 2.71. The average Bonchev–Trinajstić information content (AvgIpc) is 2.71. The van der Waals surface area contributed by atoms with Crippen LogP contribution in [0.5, 0.6) is 0 Å². The Balaban J connectivity index is 2.14. The molecule has 1 N–H and O–H groups in total. The smallest absolute Gasteiger partial charge is 0.399 e. The molecule has 3 aliphatic rings. The molecule has 3 fully saturated rings. The van der Waals surface area contributed by atoms with E-state index < -0.39 is 35.5 Å². The first-order valence-corrected chi connectivity index (χ1v) is 4.98. The van der Waals surface area contributed by atoms with Crippen molar-refractivity contribution in [2.24, 2.45) is 5.92 Å². The Labute approximate surface area is 89.7 Å². The second-order valence-electron chi connectivity index (χ2n) is 4.11. The van der Waals surface area contributed by atoms with Crippen LogP contribution in [0.25, 0.3) is 0 Å². The quantitative estimate of drug-likeness (QED) is 0.426. The molecule has 2 saturated heterocycles. The van der Waals surface area contributed by atoms with E-state index in [2.05, 4.69) is 5.32 Å². The Bertz CT molecular complexity index is 445. The van der Waals surface area contributed by atoms with Gasteiger partial charge in [-0.3, -0.25) is 14.9 Å². The zero-order valence-electron chi connectivity index (χ0n) is 8.19. The third-order valence-electron chi connectivity index (χ3n) is 3.35. The molecular formula is C9H8N2O5. The van der Waals surface area contributed by atoms with E-state index in [0.717, 1.165) is 4.90 Å². The lowest BCUT2D eigenvalue weighted by molar-refractivity contribution is -0.164. The molecule has 2 aliphatic heterocycles. The molecule has 2 atom stereocenters. The van der Waals surface area contributed by atoms with Crippen LogP contribution >= 0.6 is 0 Å². The molecule has 16 heavy (non-hydrogen) atoms. The van der Waals surface area contributed by atoms with Crippen LogP contribution in [0.3, 0.4) is 0 Å². The second kappa shape index (κ2) is 2.60. The van der Waals surface area contributed by atoms with Gasteiger partial charge in [-0.15, -0.1) is 0 Å². The van der Waals surface area contributed by atoms with Crippen molar-refractivity contribution in [1.82, 2.24) is 10.2 Å². The predicted octanol–water partition coefficient (Wildman–Crippen LogP) is -0.882. The topological polar surface area (TPSA) is 92.8 Å². The fraction of sp³-hybridized carbons (Fsp3) is 0.556. The molecular weight excluding hydrogens is 216 g/mol. The van der Waals surface area contributed by atoms with Crippen LogP contribution in [0.2, 0.25) is 0 Å². The van der Waals surface area contributed by atoms with Gasteiger partial charge in [-0.2, -0.15) is 0 Å². The number of nitrogens with one attached hydrogen (secondary N) is 1. The van der Waals surface area contributed by atoms with Gasteiger partial charge in [0.1, 0.15) is 0 Å². The second-order valence-corrected chi connectivity index (χ2v) is 4.11. The molecule has 3 rings (SSSR count). The van der Waals surface area contributed by atoms with Gasteiger partial charge in [0.25, 0.3) is 0 Å². The van der Waals surface area contributed by atoms with Crippen LogP contribution in [0, 0.1) is 5.92 Å². The van der Waals surface area contributed by atoms with Crippen molar-refractivity contribution in [3.63, 3.8) is 0 Å². The maximum absolute atomic E-state index is 11.6. The number of ether oxygens (including phenoxy) is 1. The first kappa shape index (κ1) is 9.32. The van der Waals surface area contributed by atoms with Gasteiger partial charge in [-0.1, -0.05) is 0 Å². The van der Waals surface area contributed by atoms with Crippen LogP contribution in [-0.2, 0) is 19.1 Å². The molecule has 0 bridgehead atoms. The number of imide groups is 2. The zero-order chi connectivity index (χ0) is 11.5. The maximum Gasteiger partial charge on any atom is 0.399 e. The number of carbonyl (C=O) groups is 4. The lowest BCUT2D eigenvalue weighted by Gasteiger charge is -2.38. The summed E-state index contributed by atoms with van der Waals surface area (Å²) >= 11 is 0. The van der Waals surface area contributed by atoms with Gasteiger partial charge in [0.2, 0.25) is 11.6 Å². The minimum Gasteiger partial charge on any atom is -0.430 e. The van der Waals surface area contributed by atoms with Crippen LogP contribution < -0.4 is 5.32 Å². The highest BCUT2D eigenvalue weighted by Crippen LogP contribution is 2.46. The van der Waals surface area contributed by atoms with Crippen LogP contribution in [0.15, 0.2) is 0 Å². The largest absolute Gasteiger partial charge is 0.430 e. The highest BCUT2D eigenvalue weighted by molar-refractivity contribution is 6.38. The van der Waals surface area contributed by atoms with E-state index in [9.17, 15) is 19.2 Å². The normalized spacial score (nSPS) is 37.0. The number of hydrogen-bond acceptors (Lipinski definition) is 5. The Morgan fingerprint density at radius 2 is 2.06 bits per heavy atom. The van der Waals surface area contributed by atoms with Crippen molar-refractivity contribution >= 4 is 23.8 Å². The highest BCUT2D eigenvalue weighted by Gasteiger charge is 2.66. The molecule has 2 unspecified atom stereocenters. The van der Waals surface area contributed by atoms with E-state index in [-0.39, 0.29) is 0 Å². The van der Waals surface area contributed by atoms with Crippen molar-refractivity contribution < 1.29 is 23.9 Å². The van der Waals surface area contributed by atoms with E-state index in [1.807, 2.05) is 0 Å². The van der Waals surface area contributed by atoms with E-state index in [1.165, 1.54) is 0 Å². The van der Waals surface area contributed by atoms with Crippen LogP contribution in [0.4, 0.5) is 4.79 Å². The molecule has 0 aromatic carbocycles. The first-order chi connectivity index (χ1) is 7.56. The van der Waals surface area contributed by atoms with Crippen LogP contribution in [0.1, 0.15) is 19.3 Å². The standard InChI is InChI=1S/C9H8N2O5/c12-5-4-2-1-3-9(4)11(8(15)10-5)6(13)7(14)16-9/h4H,1-3H2,(H,10,12,15). The van der Waals surface area contributed by atoms with Crippen molar-refractivity contribution in [3.05, 3.63) is 0 Å². The molecule has 1 spiro atoms. The number of esters is 1. The zero-order valence-corrected chi connectivity index (χ0v) is 8.19.